The lowest BCUT2D eigenvalue weighted by atomic mass is 9.97. The molecule has 124 valence electrons. The Morgan fingerprint density at radius 1 is 1.21 bits per heavy atom. The van der Waals surface area contributed by atoms with Gasteiger partial charge in [0.2, 0.25) is 0 Å². The van der Waals surface area contributed by atoms with E-state index in [4.69, 9.17) is 33.1 Å². The van der Waals surface area contributed by atoms with E-state index in [0.717, 1.165) is 22.4 Å². The molecule has 0 radical (unpaired) electrons. The first-order valence-electron chi connectivity index (χ1n) is 7.39. The van der Waals surface area contributed by atoms with Crippen LogP contribution in [0.4, 0.5) is 0 Å². The van der Waals surface area contributed by atoms with Crippen molar-refractivity contribution in [1.29, 1.82) is 0 Å². The molecule has 0 saturated carbocycles. The van der Waals surface area contributed by atoms with Crippen LogP contribution in [0, 0.1) is 13.8 Å². The van der Waals surface area contributed by atoms with Crippen molar-refractivity contribution >= 4 is 34.9 Å². The van der Waals surface area contributed by atoms with E-state index in [2.05, 4.69) is 5.16 Å². The number of benzene rings is 2. The third kappa shape index (κ3) is 3.12. The molecular weight excluding hydrogens is 349 g/mol. The lowest BCUT2D eigenvalue weighted by molar-refractivity contribution is 0.0696. The average molecular weight is 364 g/mol. The highest BCUT2D eigenvalue weighted by Crippen LogP contribution is 2.35. The Bertz CT molecular complexity index is 838. The minimum Gasteiger partial charge on any atom is -0.478 e. The quantitative estimate of drug-likeness (QED) is 0.817. The molecule has 1 unspecified atom stereocenters. The minimum absolute atomic E-state index is 0.229. The molecule has 6 heteroatoms. The van der Waals surface area contributed by atoms with Gasteiger partial charge in [-0.2, -0.15) is 0 Å². The van der Waals surface area contributed by atoms with Gasteiger partial charge in [0.15, 0.2) is 6.10 Å². The number of oxime groups is 1. The van der Waals surface area contributed by atoms with Crippen LogP contribution in [0.1, 0.15) is 45.1 Å². The molecule has 1 atom stereocenters. The van der Waals surface area contributed by atoms with Crippen molar-refractivity contribution in [1.82, 2.24) is 0 Å². The molecule has 1 aliphatic heterocycles. The number of carbonyl (C=O) groups is 1. The smallest absolute Gasteiger partial charge is 0.335 e. The van der Waals surface area contributed by atoms with Gasteiger partial charge in [0.25, 0.3) is 0 Å². The fourth-order valence-electron chi connectivity index (χ4n) is 2.75. The summed E-state index contributed by atoms with van der Waals surface area (Å²) in [7, 11) is 0. The largest absolute Gasteiger partial charge is 0.478 e. The Kier molecular flexibility index (Phi) is 4.52. The van der Waals surface area contributed by atoms with E-state index in [9.17, 15) is 4.79 Å². The second kappa shape index (κ2) is 6.46. The zero-order valence-electron chi connectivity index (χ0n) is 13.1. The molecule has 0 saturated heterocycles. The Labute approximate surface area is 149 Å². The zero-order chi connectivity index (χ0) is 17.4. The Morgan fingerprint density at radius 3 is 2.58 bits per heavy atom. The highest BCUT2D eigenvalue weighted by molar-refractivity contribution is 6.42. The standard InChI is InChI=1S/C18H15Cl2NO3/c1-9-5-11(3-4-13(9)18(22)23)15-8-16(24-21-15)12-6-10(2)17(20)14(19)7-12/h3-7,16H,8H2,1-2H3,(H,22,23). The highest BCUT2D eigenvalue weighted by atomic mass is 35.5. The van der Waals surface area contributed by atoms with Crippen LogP contribution in [0.25, 0.3) is 0 Å². The summed E-state index contributed by atoms with van der Waals surface area (Å²) < 4.78 is 0. The van der Waals surface area contributed by atoms with Crippen LogP contribution < -0.4 is 0 Å². The van der Waals surface area contributed by atoms with Crippen molar-refractivity contribution in [2.75, 3.05) is 0 Å². The van der Waals surface area contributed by atoms with Crippen LogP contribution >= 0.6 is 23.2 Å². The fourth-order valence-corrected chi connectivity index (χ4v) is 3.13. The number of aromatic carboxylic acids is 1. The summed E-state index contributed by atoms with van der Waals surface area (Å²) in [5.74, 6) is -0.937. The maximum absolute atomic E-state index is 11.1. The van der Waals surface area contributed by atoms with Crippen LogP contribution in [-0.4, -0.2) is 16.8 Å². The number of hydrogen-bond donors (Lipinski definition) is 1. The molecule has 0 spiro atoms. The van der Waals surface area contributed by atoms with Crippen molar-refractivity contribution in [3.63, 3.8) is 0 Å². The zero-order valence-corrected chi connectivity index (χ0v) is 14.6. The minimum atomic E-state index is -0.937. The van der Waals surface area contributed by atoms with Gasteiger partial charge in [-0.05, 0) is 54.3 Å². The number of hydrogen-bond acceptors (Lipinski definition) is 3. The normalized spacial score (nSPS) is 16.7. The van der Waals surface area contributed by atoms with Gasteiger partial charge in [0, 0.05) is 6.42 Å². The lowest BCUT2D eigenvalue weighted by Gasteiger charge is -2.11. The summed E-state index contributed by atoms with van der Waals surface area (Å²) in [5.41, 5.74) is 4.42. The number of halogens is 2. The summed E-state index contributed by atoms with van der Waals surface area (Å²) >= 11 is 12.2. The molecule has 4 nitrogen and oxygen atoms in total. The van der Waals surface area contributed by atoms with Crippen molar-refractivity contribution in [2.45, 2.75) is 26.4 Å². The van der Waals surface area contributed by atoms with E-state index in [1.807, 2.05) is 19.1 Å². The van der Waals surface area contributed by atoms with E-state index in [1.54, 1.807) is 25.1 Å². The van der Waals surface area contributed by atoms with Crippen LogP contribution in [-0.2, 0) is 4.84 Å². The molecular formula is C18H15Cl2NO3. The Morgan fingerprint density at radius 2 is 1.96 bits per heavy atom. The summed E-state index contributed by atoms with van der Waals surface area (Å²) in [6, 6.07) is 8.89. The van der Waals surface area contributed by atoms with Crippen LogP contribution in [0.5, 0.6) is 0 Å². The topological polar surface area (TPSA) is 58.9 Å². The third-order valence-electron chi connectivity index (χ3n) is 4.06. The second-order valence-corrected chi connectivity index (χ2v) is 6.59. The molecule has 0 amide bonds. The number of carboxylic acids is 1. The first kappa shape index (κ1) is 16.8. The van der Waals surface area contributed by atoms with E-state index in [-0.39, 0.29) is 11.7 Å². The van der Waals surface area contributed by atoms with Gasteiger partial charge < -0.3 is 9.94 Å². The van der Waals surface area contributed by atoms with E-state index < -0.39 is 5.97 Å². The summed E-state index contributed by atoms with van der Waals surface area (Å²) in [4.78, 5) is 16.6. The molecule has 0 aliphatic carbocycles. The maximum Gasteiger partial charge on any atom is 0.335 e. The van der Waals surface area contributed by atoms with E-state index in [1.165, 1.54) is 0 Å². The summed E-state index contributed by atoms with van der Waals surface area (Å²) in [6.07, 6.45) is 0.358. The molecule has 24 heavy (non-hydrogen) atoms. The molecule has 0 bridgehead atoms. The van der Waals surface area contributed by atoms with Gasteiger partial charge in [0.05, 0.1) is 21.3 Å². The Balaban J connectivity index is 1.83. The molecule has 2 aromatic rings. The predicted octanol–water partition coefficient (Wildman–Crippen LogP) is 5.17. The van der Waals surface area contributed by atoms with Crippen LogP contribution in [0.15, 0.2) is 35.5 Å². The predicted molar refractivity (Wildman–Crippen MR) is 94.3 cm³/mol. The molecule has 1 aliphatic rings. The van der Waals surface area contributed by atoms with Crippen LogP contribution in [0.2, 0.25) is 10.0 Å². The first-order valence-corrected chi connectivity index (χ1v) is 8.15. The maximum atomic E-state index is 11.1. The van der Waals surface area contributed by atoms with Crippen LogP contribution in [0.3, 0.4) is 0 Å². The highest BCUT2D eigenvalue weighted by Gasteiger charge is 2.25. The average Bonchev–Trinajstić information content (AvgIpc) is 3.01. The first-order chi connectivity index (χ1) is 11.4. The van der Waals surface area contributed by atoms with E-state index in [0.29, 0.717) is 22.0 Å². The second-order valence-electron chi connectivity index (χ2n) is 5.80. The van der Waals surface area contributed by atoms with Gasteiger partial charge in [-0.3, -0.25) is 0 Å². The molecule has 1 heterocycles. The number of carboxylic acid groups (broad SMARTS) is 1. The van der Waals surface area contributed by atoms with E-state index >= 15 is 0 Å². The molecule has 1 N–H and O–H groups in total. The van der Waals surface area contributed by atoms with Crippen molar-refractivity contribution in [3.8, 4) is 0 Å². The lowest BCUT2D eigenvalue weighted by Crippen LogP contribution is -2.05. The molecule has 0 fully saturated rings. The molecule has 0 aromatic heterocycles. The number of nitrogens with zero attached hydrogens (tertiary/aromatic N) is 1. The summed E-state index contributed by atoms with van der Waals surface area (Å²) in [5, 5.41) is 14.3. The monoisotopic (exact) mass is 363 g/mol. The fraction of sp³-hybridized carbons (Fsp3) is 0.222. The van der Waals surface area contributed by atoms with Crippen molar-refractivity contribution in [2.24, 2.45) is 5.16 Å². The number of aryl methyl sites for hydroxylation is 2. The summed E-state index contributed by atoms with van der Waals surface area (Å²) in [6.45, 7) is 3.66. The van der Waals surface area contributed by atoms with Crippen molar-refractivity contribution in [3.05, 3.63) is 68.2 Å². The van der Waals surface area contributed by atoms with Gasteiger partial charge >= 0.3 is 5.97 Å². The SMILES string of the molecule is Cc1cc(C2=NOC(c3cc(C)c(Cl)c(Cl)c3)C2)ccc1C(=O)O. The molecule has 2 aromatic carbocycles. The molecule has 3 rings (SSSR count). The number of rotatable bonds is 3. The Hall–Kier alpha value is -2.04. The van der Waals surface area contributed by atoms with Gasteiger partial charge in [-0.15, -0.1) is 0 Å². The third-order valence-corrected chi connectivity index (χ3v) is 4.96. The van der Waals surface area contributed by atoms with Gasteiger partial charge in [0.1, 0.15) is 0 Å². The van der Waals surface area contributed by atoms with Crippen molar-refractivity contribution < 1.29 is 14.7 Å². The van der Waals surface area contributed by atoms with Gasteiger partial charge in [-0.1, -0.05) is 40.5 Å². The van der Waals surface area contributed by atoms with Gasteiger partial charge in [-0.25, -0.2) is 4.79 Å².